The van der Waals surface area contributed by atoms with Crippen molar-refractivity contribution in [2.45, 2.75) is 59.4 Å². The van der Waals surface area contributed by atoms with Crippen molar-refractivity contribution in [2.24, 2.45) is 0 Å². The van der Waals surface area contributed by atoms with Crippen LogP contribution in [0.4, 0.5) is 21.0 Å². The fraction of sp³-hybridized carbons (Fsp3) is 0.318. The summed E-state index contributed by atoms with van der Waals surface area (Å²) in [7, 11) is 7.06. The van der Waals surface area contributed by atoms with Crippen molar-refractivity contribution in [1.82, 2.24) is 4.57 Å². The number of aromatic nitrogens is 1. The van der Waals surface area contributed by atoms with Crippen molar-refractivity contribution in [3.63, 3.8) is 0 Å². The molecule has 5 aromatic rings. The van der Waals surface area contributed by atoms with Crippen molar-refractivity contribution in [3.8, 4) is 45.6 Å². The number of carbonyl (C=O) groups is 3. The summed E-state index contributed by atoms with van der Waals surface area (Å²) in [5.74, 6) is 0.519. The first-order chi connectivity index (χ1) is 27.9. The van der Waals surface area contributed by atoms with Gasteiger partial charge in [-0.25, -0.2) is 14.4 Å². The molecule has 5 rings (SSSR count). The maximum Gasteiger partial charge on any atom is 0.412 e. The van der Waals surface area contributed by atoms with E-state index in [0.29, 0.717) is 33.6 Å². The van der Waals surface area contributed by atoms with Gasteiger partial charge in [-0.1, -0.05) is 12.1 Å². The second kappa shape index (κ2) is 17.7. The molecule has 1 heterocycles. The Morgan fingerprint density at radius 1 is 0.627 bits per heavy atom. The monoisotopic (exact) mass is 811 g/mol. The van der Waals surface area contributed by atoms with E-state index in [1.807, 2.05) is 6.07 Å². The van der Waals surface area contributed by atoms with Crippen LogP contribution in [0.3, 0.4) is 0 Å². The number of esters is 1. The number of rotatable bonds is 12. The number of pyridine rings is 1. The van der Waals surface area contributed by atoms with Crippen LogP contribution in [0, 0.1) is 0 Å². The molecule has 0 atom stereocenters. The van der Waals surface area contributed by atoms with Crippen LogP contribution in [0.5, 0.6) is 28.7 Å². The van der Waals surface area contributed by atoms with Crippen LogP contribution in [0.15, 0.2) is 77.6 Å². The molecule has 0 bridgehead atoms. The van der Waals surface area contributed by atoms with Gasteiger partial charge in [-0.05, 0) is 113 Å². The van der Waals surface area contributed by atoms with Gasteiger partial charge in [-0.15, -0.1) is 0 Å². The molecule has 0 radical (unpaired) electrons. The SMILES string of the molecule is COC(=O)c1c(-c2cc(OC)c(OC)c(OC)c2)c2cc(OC)c(OCc3cccc(NC(=O)OC(C)(C)C)c3)cc2c(=O)n1-c1ccc(NC(=O)OC(C)(C)C)cc1. The second-order valence-corrected chi connectivity index (χ2v) is 15.1. The number of hydrogen-bond donors (Lipinski definition) is 2. The molecule has 0 unspecified atom stereocenters. The normalized spacial score (nSPS) is 11.3. The number of benzene rings is 4. The zero-order chi connectivity index (χ0) is 43.2. The molecule has 15 nitrogen and oxygen atoms in total. The van der Waals surface area contributed by atoms with Gasteiger partial charge in [0.2, 0.25) is 5.75 Å². The first-order valence-corrected chi connectivity index (χ1v) is 18.4. The van der Waals surface area contributed by atoms with Gasteiger partial charge in [0.25, 0.3) is 5.56 Å². The molecule has 312 valence electrons. The van der Waals surface area contributed by atoms with Crippen LogP contribution in [-0.4, -0.2) is 69.5 Å². The lowest BCUT2D eigenvalue weighted by Gasteiger charge is -2.22. The minimum atomic E-state index is -0.831. The number of nitrogens with zero attached hydrogens (tertiary/aromatic N) is 1. The van der Waals surface area contributed by atoms with E-state index in [4.69, 9.17) is 37.9 Å². The Bertz CT molecular complexity index is 2400. The quantitative estimate of drug-likeness (QED) is 0.0908. The number of hydrogen-bond acceptors (Lipinski definition) is 12. The topological polar surface area (TPSA) is 171 Å². The van der Waals surface area contributed by atoms with Crippen LogP contribution >= 0.6 is 0 Å². The number of methoxy groups -OCH3 is 5. The fourth-order valence-electron chi connectivity index (χ4n) is 6.17. The van der Waals surface area contributed by atoms with E-state index in [1.54, 1.807) is 102 Å². The standard InChI is InChI=1S/C44H49N3O12/c1-43(2,3)58-41(50)45-27-15-17-29(18-16-27)47-37(40(49)56-11)36(26-20-34(53-8)38(55-10)35(21-26)54-9)30-22-32(52-7)33(23-31(30)39(47)48)57-24-25-13-12-14-28(19-25)46-42(51)59-44(4,5)6/h12-23H,24H2,1-11H3,(H,45,50)(H,46,51). The Hall–Kier alpha value is -6.90. The van der Waals surface area contributed by atoms with Crippen molar-refractivity contribution >= 4 is 40.3 Å². The molecule has 0 spiro atoms. The number of ether oxygens (including phenoxy) is 8. The highest BCUT2D eigenvalue weighted by Crippen LogP contribution is 2.45. The summed E-state index contributed by atoms with van der Waals surface area (Å²) < 4.78 is 46.3. The third-order valence-corrected chi connectivity index (χ3v) is 8.54. The Morgan fingerprint density at radius 3 is 1.71 bits per heavy atom. The number of anilines is 2. The lowest BCUT2D eigenvalue weighted by atomic mass is 9.95. The maximum atomic E-state index is 14.8. The van der Waals surface area contributed by atoms with Crippen LogP contribution in [-0.2, 0) is 20.8 Å². The molecule has 0 saturated heterocycles. The average molecular weight is 812 g/mol. The van der Waals surface area contributed by atoms with E-state index in [1.165, 1.54) is 46.2 Å². The van der Waals surface area contributed by atoms with Crippen molar-refractivity contribution in [2.75, 3.05) is 46.2 Å². The van der Waals surface area contributed by atoms with E-state index < -0.39 is 34.9 Å². The summed E-state index contributed by atoms with van der Waals surface area (Å²) in [6.45, 7) is 10.6. The lowest BCUT2D eigenvalue weighted by Crippen LogP contribution is -2.27. The van der Waals surface area contributed by atoms with Crippen molar-refractivity contribution < 1.29 is 52.3 Å². The molecule has 0 fully saturated rings. The highest BCUT2D eigenvalue weighted by Gasteiger charge is 2.29. The van der Waals surface area contributed by atoms with Gasteiger partial charge in [-0.3, -0.25) is 20.0 Å². The number of fused-ring (bicyclic) bond motifs is 1. The van der Waals surface area contributed by atoms with Gasteiger partial charge in [0.05, 0.1) is 40.9 Å². The molecular formula is C44H49N3O12. The number of carbonyl (C=O) groups excluding carboxylic acids is 3. The largest absolute Gasteiger partial charge is 0.493 e. The zero-order valence-electron chi connectivity index (χ0n) is 35.0. The minimum absolute atomic E-state index is 0.0198. The molecule has 15 heteroatoms. The Kier molecular flexibility index (Phi) is 13.0. The van der Waals surface area contributed by atoms with Crippen LogP contribution < -0.4 is 39.9 Å². The maximum absolute atomic E-state index is 14.8. The summed E-state index contributed by atoms with van der Waals surface area (Å²) in [6, 6.07) is 19.8. The second-order valence-electron chi connectivity index (χ2n) is 15.1. The van der Waals surface area contributed by atoms with E-state index in [-0.39, 0.29) is 51.9 Å². The van der Waals surface area contributed by atoms with Crippen molar-refractivity contribution in [3.05, 3.63) is 94.4 Å². The highest BCUT2D eigenvalue weighted by molar-refractivity contribution is 6.08. The zero-order valence-corrected chi connectivity index (χ0v) is 35.0. The summed E-state index contributed by atoms with van der Waals surface area (Å²) in [6.07, 6.45) is -1.27. The van der Waals surface area contributed by atoms with Crippen LogP contribution in [0.1, 0.15) is 57.6 Å². The van der Waals surface area contributed by atoms with Gasteiger partial charge in [0.1, 0.15) is 23.5 Å². The third-order valence-electron chi connectivity index (χ3n) is 8.54. The average Bonchev–Trinajstić information content (AvgIpc) is 3.17. The molecule has 59 heavy (non-hydrogen) atoms. The van der Waals surface area contributed by atoms with E-state index >= 15 is 0 Å². The molecule has 2 N–H and O–H groups in total. The Morgan fingerprint density at radius 2 is 1.19 bits per heavy atom. The Labute approximate surface area is 342 Å². The number of amides is 2. The molecule has 0 aliphatic rings. The number of nitrogens with one attached hydrogen (secondary N) is 2. The Balaban J connectivity index is 1.72. The molecule has 4 aromatic carbocycles. The third kappa shape index (κ3) is 10.2. The fourth-order valence-corrected chi connectivity index (χ4v) is 6.17. The van der Waals surface area contributed by atoms with Gasteiger partial charge in [0, 0.05) is 28.0 Å². The highest BCUT2D eigenvalue weighted by atomic mass is 16.6. The van der Waals surface area contributed by atoms with Crippen molar-refractivity contribution in [1.29, 1.82) is 0 Å². The van der Waals surface area contributed by atoms with E-state index in [0.717, 1.165) is 0 Å². The van der Waals surface area contributed by atoms with E-state index in [9.17, 15) is 19.2 Å². The van der Waals surface area contributed by atoms with Gasteiger partial charge in [0.15, 0.2) is 23.0 Å². The van der Waals surface area contributed by atoms with Gasteiger partial charge >= 0.3 is 18.2 Å². The molecule has 0 aliphatic carbocycles. The predicted molar refractivity (Wildman–Crippen MR) is 223 cm³/mol. The van der Waals surface area contributed by atoms with Gasteiger partial charge < -0.3 is 37.9 Å². The van der Waals surface area contributed by atoms with Crippen LogP contribution in [0.2, 0.25) is 0 Å². The molecule has 0 aliphatic heterocycles. The summed E-state index contributed by atoms with van der Waals surface area (Å²) >= 11 is 0. The van der Waals surface area contributed by atoms with Gasteiger partial charge in [-0.2, -0.15) is 0 Å². The van der Waals surface area contributed by atoms with E-state index in [2.05, 4.69) is 10.6 Å². The predicted octanol–water partition coefficient (Wildman–Crippen LogP) is 8.75. The summed E-state index contributed by atoms with van der Waals surface area (Å²) in [5, 5.41) is 5.86. The first-order valence-electron chi connectivity index (χ1n) is 18.4. The lowest BCUT2D eigenvalue weighted by molar-refractivity contribution is 0.0588. The minimum Gasteiger partial charge on any atom is -0.493 e. The molecule has 0 saturated carbocycles. The molecular weight excluding hydrogens is 762 g/mol. The van der Waals surface area contributed by atoms with Crippen LogP contribution in [0.25, 0.3) is 27.6 Å². The summed E-state index contributed by atoms with van der Waals surface area (Å²) in [5.41, 5.74) is 0.387. The smallest absolute Gasteiger partial charge is 0.412 e. The molecule has 2 amide bonds. The summed E-state index contributed by atoms with van der Waals surface area (Å²) in [4.78, 5) is 53.8. The molecule has 1 aromatic heterocycles. The first kappa shape index (κ1) is 43.2.